The normalized spacial score (nSPS) is 29.5. The van der Waals surface area contributed by atoms with Gasteiger partial charge in [-0.15, -0.1) is 0 Å². The quantitative estimate of drug-likeness (QED) is 0.760. The van der Waals surface area contributed by atoms with Crippen LogP contribution in [0, 0.1) is 0 Å². The predicted molar refractivity (Wildman–Crippen MR) is 61.5 cm³/mol. The van der Waals surface area contributed by atoms with Crippen molar-refractivity contribution in [2.75, 3.05) is 0 Å². The lowest BCUT2D eigenvalue weighted by Crippen LogP contribution is -2.44. The zero-order valence-electron chi connectivity index (χ0n) is 10.6. The highest BCUT2D eigenvalue weighted by atomic mass is 19.1. The number of aldehydes is 1. The molecule has 5 heteroatoms. The summed E-state index contributed by atoms with van der Waals surface area (Å²) in [6, 6.07) is -0.103. The van der Waals surface area contributed by atoms with Gasteiger partial charge in [0.2, 0.25) is 0 Å². The second-order valence-corrected chi connectivity index (χ2v) is 5.57. The van der Waals surface area contributed by atoms with E-state index < -0.39 is 17.4 Å². The van der Waals surface area contributed by atoms with Crippen molar-refractivity contribution in [3.63, 3.8) is 0 Å². The zero-order chi connectivity index (χ0) is 13.1. The first-order chi connectivity index (χ1) is 7.74. The van der Waals surface area contributed by atoms with Crippen molar-refractivity contribution in [3.8, 4) is 0 Å². The van der Waals surface area contributed by atoms with Gasteiger partial charge >= 0.3 is 6.09 Å². The fourth-order valence-electron chi connectivity index (χ4n) is 1.83. The summed E-state index contributed by atoms with van der Waals surface area (Å²) in [6.07, 6.45) is 1.15. The van der Waals surface area contributed by atoms with Gasteiger partial charge in [-0.1, -0.05) is 0 Å². The molecule has 0 aromatic rings. The molecule has 0 aliphatic heterocycles. The minimum atomic E-state index is -1.70. The Morgan fingerprint density at radius 3 is 2.35 bits per heavy atom. The van der Waals surface area contributed by atoms with Crippen LogP contribution in [0.2, 0.25) is 0 Å². The van der Waals surface area contributed by atoms with Crippen molar-refractivity contribution in [3.05, 3.63) is 0 Å². The molecule has 0 unspecified atom stereocenters. The Morgan fingerprint density at radius 1 is 1.41 bits per heavy atom. The molecule has 98 valence electrons. The fraction of sp³-hybridized carbons (Fsp3) is 0.833. The lowest BCUT2D eigenvalue weighted by molar-refractivity contribution is -0.119. The van der Waals surface area contributed by atoms with E-state index in [-0.39, 0.29) is 18.9 Å². The van der Waals surface area contributed by atoms with E-state index in [0.29, 0.717) is 19.1 Å². The van der Waals surface area contributed by atoms with Crippen molar-refractivity contribution in [2.45, 2.75) is 63.8 Å². The molecule has 1 fully saturated rings. The van der Waals surface area contributed by atoms with E-state index in [1.54, 1.807) is 20.8 Å². The van der Waals surface area contributed by atoms with Crippen LogP contribution in [-0.4, -0.2) is 29.7 Å². The molecule has 1 aliphatic rings. The van der Waals surface area contributed by atoms with E-state index in [0.717, 1.165) is 0 Å². The number of amides is 1. The first kappa shape index (κ1) is 13.9. The number of halogens is 1. The zero-order valence-corrected chi connectivity index (χ0v) is 10.6. The number of hydrogen-bond donors (Lipinski definition) is 1. The average molecular weight is 245 g/mol. The van der Waals surface area contributed by atoms with E-state index >= 15 is 0 Å². The van der Waals surface area contributed by atoms with Crippen LogP contribution < -0.4 is 5.32 Å². The maximum Gasteiger partial charge on any atom is 0.407 e. The summed E-state index contributed by atoms with van der Waals surface area (Å²) >= 11 is 0. The standard InChI is InChI=1S/C12H20FNO3/c1-11(2,3)17-10(16)14-9-4-6-12(13,8-15)7-5-9/h8-9H,4-7H2,1-3H3,(H,14,16)/t9-,12-. The molecule has 1 saturated carbocycles. The van der Waals surface area contributed by atoms with Gasteiger partial charge in [0.15, 0.2) is 12.0 Å². The highest BCUT2D eigenvalue weighted by Gasteiger charge is 2.35. The smallest absolute Gasteiger partial charge is 0.407 e. The van der Waals surface area contributed by atoms with Crippen molar-refractivity contribution in [1.82, 2.24) is 5.32 Å². The number of carbonyl (C=O) groups excluding carboxylic acids is 2. The van der Waals surface area contributed by atoms with Gasteiger partial charge in [-0.2, -0.15) is 0 Å². The summed E-state index contributed by atoms with van der Waals surface area (Å²) in [6.45, 7) is 5.35. The molecule has 4 nitrogen and oxygen atoms in total. The fourth-order valence-corrected chi connectivity index (χ4v) is 1.83. The summed E-state index contributed by atoms with van der Waals surface area (Å²) in [5, 5.41) is 2.69. The van der Waals surface area contributed by atoms with E-state index in [9.17, 15) is 14.0 Å². The molecule has 0 spiro atoms. The van der Waals surface area contributed by atoms with E-state index in [4.69, 9.17) is 4.74 Å². The molecule has 0 aromatic carbocycles. The number of ether oxygens (including phenoxy) is 1. The molecule has 1 N–H and O–H groups in total. The first-order valence-corrected chi connectivity index (χ1v) is 5.89. The summed E-state index contributed by atoms with van der Waals surface area (Å²) in [7, 11) is 0. The van der Waals surface area contributed by atoms with Crippen LogP contribution in [0.5, 0.6) is 0 Å². The van der Waals surface area contributed by atoms with Crippen LogP contribution in [-0.2, 0) is 9.53 Å². The Labute approximate surface area is 101 Å². The highest BCUT2D eigenvalue weighted by molar-refractivity contribution is 5.68. The molecule has 0 bridgehead atoms. The Kier molecular flexibility index (Phi) is 4.11. The lowest BCUT2D eigenvalue weighted by Gasteiger charge is -2.31. The van der Waals surface area contributed by atoms with E-state index in [1.807, 2.05) is 0 Å². The van der Waals surface area contributed by atoms with Gasteiger partial charge < -0.3 is 10.1 Å². The topological polar surface area (TPSA) is 55.4 Å². The van der Waals surface area contributed by atoms with Gasteiger partial charge in [0, 0.05) is 6.04 Å². The maximum absolute atomic E-state index is 13.6. The predicted octanol–water partition coefficient (Wildman–Crippen LogP) is 2.36. The van der Waals surface area contributed by atoms with Crippen molar-refractivity contribution in [2.24, 2.45) is 0 Å². The van der Waals surface area contributed by atoms with Crippen LogP contribution in [0.15, 0.2) is 0 Å². The number of nitrogens with one attached hydrogen (secondary N) is 1. The number of carbonyl (C=O) groups is 2. The number of alkyl carbamates (subject to hydrolysis) is 1. The Hall–Kier alpha value is -1.13. The molecule has 1 aliphatic carbocycles. The monoisotopic (exact) mass is 245 g/mol. The van der Waals surface area contributed by atoms with Crippen LogP contribution in [0.4, 0.5) is 9.18 Å². The van der Waals surface area contributed by atoms with Crippen LogP contribution in [0.1, 0.15) is 46.5 Å². The third-order valence-electron chi connectivity index (χ3n) is 2.75. The number of rotatable bonds is 2. The van der Waals surface area contributed by atoms with Crippen molar-refractivity contribution in [1.29, 1.82) is 0 Å². The minimum absolute atomic E-state index is 0.103. The van der Waals surface area contributed by atoms with E-state index in [2.05, 4.69) is 5.32 Å². The molecular weight excluding hydrogens is 225 g/mol. The third-order valence-corrected chi connectivity index (χ3v) is 2.75. The van der Waals surface area contributed by atoms with Gasteiger partial charge in [-0.25, -0.2) is 9.18 Å². The SMILES string of the molecule is CC(C)(C)OC(=O)N[C@H]1CC[C@@](F)(C=O)CC1. The minimum Gasteiger partial charge on any atom is -0.444 e. The van der Waals surface area contributed by atoms with Gasteiger partial charge in [-0.3, -0.25) is 4.79 Å². The lowest BCUT2D eigenvalue weighted by atomic mass is 9.84. The third kappa shape index (κ3) is 4.71. The Bertz CT molecular complexity index is 291. The molecule has 0 aromatic heterocycles. The summed E-state index contributed by atoms with van der Waals surface area (Å²) < 4.78 is 18.7. The Balaban J connectivity index is 2.36. The maximum atomic E-state index is 13.6. The van der Waals surface area contributed by atoms with Crippen LogP contribution in [0.25, 0.3) is 0 Å². The van der Waals surface area contributed by atoms with E-state index in [1.165, 1.54) is 0 Å². The van der Waals surface area contributed by atoms with Crippen LogP contribution in [0.3, 0.4) is 0 Å². The largest absolute Gasteiger partial charge is 0.444 e. The van der Waals surface area contributed by atoms with Gasteiger partial charge in [0.05, 0.1) is 0 Å². The molecule has 17 heavy (non-hydrogen) atoms. The molecule has 0 saturated heterocycles. The molecular formula is C12H20FNO3. The van der Waals surface area contributed by atoms with Crippen molar-refractivity contribution < 1.29 is 18.7 Å². The number of hydrogen-bond acceptors (Lipinski definition) is 3. The Morgan fingerprint density at radius 2 is 1.94 bits per heavy atom. The summed E-state index contributed by atoms with van der Waals surface area (Å²) in [5.41, 5.74) is -2.24. The van der Waals surface area contributed by atoms with Crippen LogP contribution >= 0.6 is 0 Å². The summed E-state index contributed by atoms with van der Waals surface area (Å²) in [4.78, 5) is 22.0. The van der Waals surface area contributed by atoms with Crippen molar-refractivity contribution >= 4 is 12.4 Å². The van der Waals surface area contributed by atoms with Gasteiger partial charge in [0.25, 0.3) is 0 Å². The average Bonchev–Trinajstić information content (AvgIpc) is 2.19. The molecule has 1 rings (SSSR count). The molecule has 0 atom stereocenters. The first-order valence-electron chi connectivity index (χ1n) is 5.89. The molecule has 0 radical (unpaired) electrons. The van der Waals surface area contributed by atoms with Gasteiger partial charge in [-0.05, 0) is 46.5 Å². The number of alkyl halides is 1. The summed E-state index contributed by atoms with van der Waals surface area (Å²) in [5.74, 6) is 0. The second kappa shape index (κ2) is 5.02. The molecule has 0 heterocycles. The highest BCUT2D eigenvalue weighted by Crippen LogP contribution is 2.30. The van der Waals surface area contributed by atoms with Gasteiger partial charge in [0.1, 0.15) is 5.60 Å². The molecule has 1 amide bonds. The second-order valence-electron chi connectivity index (χ2n) is 5.57.